The quantitative estimate of drug-likeness (QED) is 0.733. The predicted molar refractivity (Wildman–Crippen MR) is 55.6 cm³/mol. The summed E-state index contributed by atoms with van der Waals surface area (Å²) in [7, 11) is -1.80. The Morgan fingerprint density at radius 1 is 1.15 bits per heavy atom. The van der Waals surface area contributed by atoms with Crippen LogP contribution < -0.4 is 0 Å². The van der Waals surface area contributed by atoms with Crippen LogP contribution in [-0.4, -0.2) is 9.79 Å². The molecule has 0 aliphatic carbocycles. The highest BCUT2D eigenvalue weighted by atomic mass is 31.2. The third-order valence-corrected chi connectivity index (χ3v) is 2.62. The van der Waals surface area contributed by atoms with E-state index in [1.165, 1.54) is 5.56 Å². The lowest BCUT2D eigenvalue weighted by Crippen LogP contribution is -1.88. The summed E-state index contributed by atoms with van der Waals surface area (Å²) in [5.74, 6) is 0.527. The third kappa shape index (κ3) is 3.43. The lowest BCUT2D eigenvalue weighted by molar-refractivity contribution is 0.481. The molecule has 0 spiro atoms. The summed E-state index contributed by atoms with van der Waals surface area (Å²) in [5.41, 5.74) is 2.27. The van der Waals surface area contributed by atoms with Crippen LogP contribution in [0.2, 0.25) is 0 Å². The van der Waals surface area contributed by atoms with Crippen molar-refractivity contribution < 1.29 is 9.79 Å². The Bertz CT molecular complexity index is 254. The molecule has 0 fully saturated rings. The van der Waals surface area contributed by atoms with Crippen LogP contribution in [0.5, 0.6) is 0 Å². The standard InChI is InChI=1S/C10H15O2P/c1-8(2)10-5-3-9(4-6-10)7-13(11)12/h3-6,8,11-12H,7H2,1-2H3. The van der Waals surface area contributed by atoms with Crippen molar-refractivity contribution in [2.24, 2.45) is 0 Å². The summed E-state index contributed by atoms with van der Waals surface area (Å²) >= 11 is 0. The van der Waals surface area contributed by atoms with Crippen molar-refractivity contribution in [1.29, 1.82) is 0 Å². The third-order valence-electron chi connectivity index (χ3n) is 1.97. The molecular formula is C10H15O2P. The SMILES string of the molecule is CC(C)c1ccc(CP(O)O)cc1. The predicted octanol–water partition coefficient (Wildman–Crippen LogP) is 2.61. The van der Waals surface area contributed by atoms with Crippen molar-refractivity contribution in [1.82, 2.24) is 0 Å². The normalized spacial score (nSPS) is 11.2. The van der Waals surface area contributed by atoms with Crippen molar-refractivity contribution in [3.8, 4) is 0 Å². The second-order valence-electron chi connectivity index (χ2n) is 3.43. The molecule has 0 aliphatic heterocycles. The van der Waals surface area contributed by atoms with Gasteiger partial charge in [0, 0.05) is 6.16 Å². The van der Waals surface area contributed by atoms with Crippen molar-refractivity contribution in [2.75, 3.05) is 0 Å². The molecule has 1 rings (SSSR count). The van der Waals surface area contributed by atoms with Gasteiger partial charge in [-0.2, -0.15) is 0 Å². The average molecular weight is 198 g/mol. The van der Waals surface area contributed by atoms with E-state index in [4.69, 9.17) is 9.79 Å². The molecule has 0 saturated carbocycles. The lowest BCUT2D eigenvalue weighted by atomic mass is 10.0. The fourth-order valence-electron chi connectivity index (χ4n) is 1.17. The second kappa shape index (κ2) is 4.71. The minimum atomic E-state index is -1.80. The van der Waals surface area contributed by atoms with Gasteiger partial charge in [0.1, 0.15) is 0 Å². The molecule has 0 aromatic heterocycles. The molecule has 2 nitrogen and oxygen atoms in total. The van der Waals surface area contributed by atoms with Crippen LogP contribution in [0.3, 0.4) is 0 Å². The zero-order valence-electron chi connectivity index (χ0n) is 7.94. The first-order chi connectivity index (χ1) is 6.09. The molecule has 0 aliphatic rings. The summed E-state index contributed by atoms with van der Waals surface area (Å²) in [4.78, 5) is 17.6. The highest BCUT2D eigenvalue weighted by Crippen LogP contribution is 2.29. The van der Waals surface area contributed by atoms with Gasteiger partial charge in [-0.05, 0) is 17.0 Å². The van der Waals surface area contributed by atoms with Crippen LogP contribution >= 0.6 is 8.38 Å². The summed E-state index contributed by atoms with van der Waals surface area (Å²) in [5, 5.41) is 0. The zero-order valence-corrected chi connectivity index (χ0v) is 8.83. The first kappa shape index (κ1) is 10.6. The van der Waals surface area contributed by atoms with Gasteiger partial charge in [-0.25, -0.2) is 0 Å². The van der Waals surface area contributed by atoms with Gasteiger partial charge in [0.25, 0.3) is 0 Å². The van der Waals surface area contributed by atoms with Crippen LogP contribution in [0, 0.1) is 0 Å². The number of rotatable bonds is 3. The summed E-state index contributed by atoms with van der Waals surface area (Å²) in [6.45, 7) is 4.28. The summed E-state index contributed by atoms with van der Waals surface area (Å²) in [6.07, 6.45) is 0.369. The second-order valence-corrected chi connectivity index (χ2v) is 4.49. The summed E-state index contributed by atoms with van der Waals surface area (Å²) in [6, 6.07) is 7.99. The molecule has 0 saturated heterocycles. The number of hydrogen-bond acceptors (Lipinski definition) is 2. The molecule has 72 valence electrons. The highest BCUT2D eigenvalue weighted by molar-refractivity contribution is 7.44. The number of hydrogen-bond donors (Lipinski definition) is 2. The van der Waals surface area contributed by atoms with Crippen molar-refractivity contribution in [2.45, 2.75) is 25.9 Å². The van der Waals surface area contributed by atoms with Gasteiger partial charge >= 0.3 is 0 Å². The van der Waals surface area contributed by atoms with Crippen LogP contribution in [0.15, 0.2) is 24.3 Å². The maximum absolute atomic E-state index is 8.80. The number of benzene rings is 1. The molecular weight excluding hydrogens is 183 g/mol. The van der Waals surface area contributed by atoms with Crippen molar-refractivity contribution >= 4 is 8.38 Å². The molecule has 0 radical (unpaired) electrons. The average Bonchev–Trinajstić information content (AvgIpc) is 2.04. The van der Waals surface area contributed by atoms with Crippen LogP contribution in [0.4, 0.5) is 0 Å². The van der Waals surface area contributed by atoms with Gasteiger partial charge in [-0.1, -0.05) is 38.1 Å². The fraction of sp³-hybridized carbons (Fsp3) is 0.400. The van der Waals surface area contributed by atoms with Gasteiger partial charge in [0.15, 0.2) is 8.38 Å². The maximum atomic E-state index is 8.80. The van der Waals surface area contributed by atoms with E-state index in [0.717, 1.165) is 5.56 Å². The fourth-order valence-corrected chi connectivity index (χ4v) is 1.71. The Balaban J connectivity index is 2.70. The lowest BCUT2D eigenvalue weighted by Gasteiger charge is -2.07. The van der Waals surface area contributed by atoms with Gasteiger partial charge in [0.2, 0.25) is 0 Å². The van der Waals surface area contributed by atoms with Gasteiger partial charge in [0.05, 0.1) is 0 Å². The molecule has 1 aromatic rings. The van der Waals surface area contributed by atoms with Crippen LogP contribution in [0.1, 0.15) is 30.9 Å². The Morgan fingerprint density at radius 2 is 1.69 bits per heavy atom. The Kier molecular flexibility index (Phi) is 3.86. The first-order valence-electron chi connectivity index (χ1n) is 4.33. The van der Waals surface area contributed by atoms with E-state index in [1.54, 1.807) is 0 Å². The smallest absolute Gasteiger partial charge is 0.169 e. The van der Waals surface area contributed by atoms with E-state index >= 15 is 0 Å². The van der Waals surface area contributed by atoms with Crippen LogP contribution in [-0.2, 0) is 6.16 Å². The molecule has 0 bridgehead atoms. The highest BCUT2D eigenvalue weighted by Gasteiger charge is 2.02. The molecule has 2 N–H and O–H groups in total. The van der Waals surface area contributed by atoms with Crippen molar-refractivity contribution in [3.05, 3.63) is 35.4 Å². The van der Waals surface area contributed by atoms with E-state index in [-0.39, 0.29) is 0 Å². The first-order valence-corrected chi connectivity index (χ1v) is 5.77. The monoisotopic (exact) mass is 198 g/mol. The topological polar surface area (TPSA) is 40.5 Å². The Morgan fingerprint density at radius 3 is 2.08 bits per heavy atom. The van der Waals surface area contributed by atoms with E-state index in [2.05, 4.69) is 13.8 Å². The molecule has 3 heteroatoms. The minimum Gasteiger partial charge on any atom is -0.350 e. The molecule has 0 unspecified atom stereocenters. The Hall–Kier alpha value is -0.430. The van der Waals surface area contributed by atoms with Gasteiger partial charge in [-0.3, -0.25) is 0 Å². The van der Waals surface area contributed by atoms with E-state index < -0.39 is 8.38 Å². The Labute approximate surface area is 80.2 Å². The zero-order chi connectivity index (χ0) is 9.84. The maximum Gasteiger partial charge on any atom is 0.169 e. The minimum absolute atomic E-state index is 0.369. The van der Waals surface area contributed by atoms with Crippen LogP contribution in [0.25, 0.3) is 0 Å². The molecule has 1 aromatic carbocycles. The molecule has 0 heterocycles. The van der Waals surface area contributed by atoms with Gasteiger partial charge in [-0.15, -0.1) is 0 Å². The largest absolute Gasteiger partial charge is 0.350 e. The molecule has 0 amide bonds. The van der Waals surface area contributed by atoms with E-state index in [9.17, 15) is 0 Å². The molecule has 0 atom stereocenters. The van der Waals surface area contributed by atoms with E-state index in [0.29, 0.717) is 12.1 Å². The van der Waals surface area contributed by atoms with Gasteiger partial charge < -0.3 is 9.79 Å². The molecule has 13 heavy (non-hydrogen) atoms. The summed E-state index contributed by atoms with van der Waals surface area (Å²) < 4.78 is 0. The van der Waals surface area contributed by atoms with Crippen molar-refractivity contribution in [3.63, 3.8) is 0 Å². The van der Waals surface area contributed by atoms with E-state index in [1.807, 2.05) is 24.3 Å².